The highest BCUT2D eigenvalue weighted by Crippen LogP contribution is 2.66. The van der Waals surface area contributed by atoms with Crippen LogP contribution in [-0.2, 0) is 19.1 Å². The standard InChI is InChI=1S/C30H46N2O5S/c1-19(2)16-20(17-33)32-23-25(35)31(28(6,7)18-27(3,4)5)14-11-13-30(23)21(24(32)34)22-26(36)37-15-10-9-12-29(22,8)38-30/h9,11-13,19-23,33H,10,14-18H2,1-8H3/t20-,21+,22+,23?,29-,30+/m1/s1. The van der Waals surface area contributed by atoms with Crippen LogP contribution >= 0.6 is 11.8 Å². The number of thioether (sulfide) groups is 1. The molecule has 2 fully saturated rings. The van der Waals surface area contributed by atoms with Gasteiger partial charge < -0.3 is 19.6 Å². The van der Waals surface area contributed by atoms with Crippen LogP contribution in [0.4, 0.5) is 0 Å². The molecule has 8 heteroatoms. The van der Waals surface area contributed by atoms with Crippen LogP contribution in [0.25, 0.3) is 0 Å². The molecule has 6 atom stereocenters. The van der Waals surface area contributed by atoms with Crippen molar-refractivity contribution in [1.82, 2.24) is 9.80 Å². The maximum Gasteiger partial charge on any atom is 0.311 e. The van der Waals surface area contributed by atoms with E-state index in [9.17, 15) is 19.5 Å². The first-order valence-electron chi connectivity index (χ1n) is 14.0. The summed E-state index contributed by atoms with van der Waals surface area (Å²) >= 11 is 1.56. The third-order valence-electron chi connectivity index (χ3n) is 8.50. The predicted octanol–water partition coefficient (Wildman–Crippen LogP) is 4.20. The molecule has 1 N–H and O–H groups in total. The molecule has 0 radical (unpaired) electrons. The van der Waals surface area contributed by atoms with Crippen LogP contribution in [0.1, 0.15) is 74.7 Å². The Hall–Kier alpha value is -1.80. The fraction of sp³-hybridized carbons (Fsp3) is 0.767. The molecule has 212 valence electrons. The lowest BCUT2D eigenvalue weighted by Gasteiger charge is -2.46. The van der Waals surface area contributed by atoms with Gasteiger partial charge in [0.15, 0.2) is 0 Å². The van der Waals surface area contributed by atoms with Gasteiger partial charge in [-0.15, -0.1) is 11.8 Å². The van der Waals surface area contributed by atoms with E-state index in [4.69, 9.17) is 4.74 Å². The molecule has 1 spiro atoms. The topological polar surface area (TPSA) is 87.2 Å². The van der Waals surface area contributed by atoms with Gasteiger partial charge in [0.2, 0.25) is 11.8 Å². The Morgan fingerprint density at radius 3 is 2.37 bits per heavy atom. The first-order valence-corrected chi connectivity index (χ1v) is 14.9. The SMILES string of the molecule is CC(C)C[C@H](CO)N1C(=O)[C@@H]2[C@H]3C(=O)OCCC=C[C@@]3(C)S[C@@]23C=CCN(C(C)(C)CC(C)(C)C)C(=O)C13. The number of nitrogens with zero attached hydrogens (tertiary/aromatic N) is 2. The molecule has 0 aromatic rings. The van der Waals surface area contributed by atoms with Gasteiger partial charge in [-0.25, -0.2) is 0 Å². The number of aliphatic hydroxyl groups is 1. The number of carbonyl (C=O) groups excluding carboxylic acids is 3. The minimum Gasteiger partial charge on any atom is -0.465 e. The number of carbonyl (C=O) groups is 3. The molecule has 0 bridgehead atoms. The summed E-state index contributed by atoms with van der Waals surface area (Å²) in [4.78, 5) is 46.3. The normalized spacial score (nSPS) is 34.5. The summed E-state index contributed by atoms with van der Waals surface area (Å²) in [6.07, 6.45) is 10.1. The number of cyclic esters (lactones) is 1. The Bertz CT molecular complexity index is 1030. The fourth-order valence-corrected chi connectivity index (χ4v) is 9.72. The van der Waals surface area contributed by atoms with E-state index in [2.05, 4.69) is 48.5 Å². The Balaban J connectivity index is 1.89. The van der Waals surface area contributed by atoms with Gasteiger partial charge in [-0.3, -0.25) is 14.4 Å². The largest absolute Gasteiger partial charge is 0.465 e. The average Bonchev–Trinajstić information content (AvgIpc) is 3.09. The third kappa shape index (κ3) is 4.85. The predicted molar refractivity (Wildman–Crippen MR) is 150 cm³/mol. The van der Waals surface area contributed by atoms with Crippen LogP contribution in [0.3, 0.4) is 0 Å². The van der Waals surface area contributed by atoms with E-state index < -0.39 is 39.0 Å². The van der Waals surface area contributed by atoms with Crippen LogP contribution < -0.4 is 0 Å². The number of amides is 2. The summed E-state index contributed by atoms with van der Waals surface area (Å²) in [6, 6.07) is -1.32. The lowest BCUT2D eigenvalue weighted by molar-refractivity contribution is -0.155. The second kappa shape index (κ2) is 9.99. The zero-order valence-electron chi connectivity index (χ0n) is 24.3. The molecular weight excluding hydrogens is 500 g/mol. The molecule has 1 unspecified atom stereocenters. The zero-order chi connectivity index (χ0) is 28.3. The van der Waals surface area contributed by atoms with E-state index >= 15 is 0 Å². The van der Waals surface area contributed by atoms with Crippen molar-refractivity contribution >= 4 is 29.5 Å². The van der Waals surface area contributed by atoms with E-state index in [0.29, 0.717) is 19.4 Å². The van der Waals surface area contributed by atoms with E-state index in [1.54, 1.807) is 16.7 Å². The highest BCUT2D eigenvalue weighted by Gasteiger charge is 2.74. The smallest absolute Gasteiger partial charge is 0.311 e. The molecule has 0 aromatic carbocycles. The van der Waals surface area contributed by atoms with Gasteiger partial charge in [-0.1, -0.05) is 58.9 Å². The van der Waals surface area contributed by atoms with Crippen LogP contribution in [0.5, 0.6) is 0 Å². The number of rotatable bonds is 6. The van der Waals surface area contributed by atoms with Crippen molar-refractivity contribution in [3.63, 3.8) is 0 Å². The van der Waals surface area contributed by atoms with Crippen molar-refractivity contribution in [2.75, 3.05) is 19.8 Å². The summed E-state index contributed by atoms with van der Waals surface area (Å²) in [5, 5.41) is 10.5. The van der Waals surface area contributed by atoms with Crippen LogP contribution in [0.15, 0.2) is 24.3 Å². The van der Waals surface area contributed by atoms with E-state index in [1.165, 1.54) is 0 Å². The number of aliphatic hydroxyl groups excluding tert-OH is 1. The first kappa shape index (κ1) is 29.2. The Morgan fingerprint density at radius 1 is 1.08 bits per heavy atom. The van der Waals surface area contributed by atoms with E-state index in [-0.39, 0.29) is 42.3 Å². The minimum absolute atomic E-state index is 0.00788. The molecule has 2 amide bonds. The number of ether oxygens (including phenoxy) is 1. The summed E-state index contributed by atoms with van der Waals surface area (Å²) < 4.78 is 4.01. The molecule has 2 saturated heterocycles. The number of hydrogen-bond acceptors (Lipinski definition) is 6. The maximum absolute atomic E-state index is 14.7. The van der Waals surface area contributed by atoms with Crippen molar-refractivity contribution < 1.29 is 24.2 Å². The highest BCUT2D eigenvalue weighted by molar-refractivity contribution is 8.02. The molecule has 7 nitrogen and oxygen atoms in total. The molecular formula is C30H46N2O5S. The molecule has 0 saturated carbocycles. The molecule has 0 aliphatic carbocycles. The summed E-state index contributed by atoms with van der Waals surface area (Å²) in [6.45, 7) is 17.3. The van der Waals surface area contributed by atoms with Gasteiger partial charge in [-0.05, 0) is 51.4 Å². The van der Waals surface area contributed by atoms with Crippen LogP contribution in [-0.4, -0.2) is 79.6 Å². The summed E-state index contributed by atoms with van der Waals surface area (Å²) in [7, 11) is 0. The van der Waals surface area contributed by atoms with Crippen molar-refractivity contribution in [3.8, 4) is 0 Å². The van der Waals surface area contributed by atoms with Gasteiger partial charge >= 0.3 is 5.97 Å². The highest BCUT2D eigenvalue weighted by atomic mass is 32.2. The third-order valence-corrected chi connectivity index (χ3v) is 10.3. The number of hydrogen-bond donors (Lipinski definition) is 1. The van der Waals surface area contributed by atoms with Crippen LogP contribution in [0, 0.1) is 23.2 Å². The zero-order valence-corrected chi connectivity index (χ0v) is 25.1. The van der Waals surface area contributed by atoms with Gasteiger partial charge in [0, 0.05) is 16.8 Å². The van der Waals surface area contributed by atoms with Gasteiger partial charge in [0.25, 0.3) is 0 Å². The van der Waals surface area contributed by atoms with Gasteiger partial charge in [0.05, 0.1) is 35.8 Å². The molecule has 4 aliphatic rings. The quantitative estimate of drug-likeness (QED) is 0.397. The second-order valence-electron chi connectivity index (χ2n) is 14.0. The number of fused-ring (bicyclic) bond motifs is 2. The summed E-state index contributed by atoms with van der Waals surface area (Å²) in [5.74, 6) is -1.95. The maximum atomic E-state index is 14.7. The molecule has 4 rings (SSSR count). The van der Waals surface area contributed by atoms with Crippen molar-refractivity contribution in [2.24, 2.45) is 23.2 Å². The van der Waals surface area contributed by atoms with Gasteiger partial charge in [0.1, 0.15) is 6.04 Å². The van der Waals surface area contributed by atoms with Crippen molar-refractivity contribution in [3.05, 3.63) is 24.3 Å². The van der Waals surface area contributed by atoms with E-state index in [0.717, 1.165) is 6.42 Å². The monoisotopic (exact) mass is 546 g/mol. The van der Waals surface area contributed by atoms with Crippen LogP contribution in [0.2, 0.25) is 0 Å². The first-order chi connectivity index (χ1) is 17.6. The van der Waals surface area contributed by atoms with Gasteiger partial charge in [-0.2, -0.15) is 0 Å². The summed E-state index contributed by atoms with van der Waals surface area (Å²) in [5.41, 5.74) is -0.468. The second-order valence-corrected chi connectivity index (χ2v) is 15.8. The number of esters is 1. The minimum atomic E-state index is -0.932. The molecule has 4 heterocycles. The van der Waals surface area contributed by atoms with Crippen molar-refractivity contribution in [2.45, 2.75) is 102 Å². The molecule has 0 aromatic heterocycles. The Labute approximate surface area is 232 Å². The lowest BCUT2D eigenvalue weighted by atomic mass is 9.74. The Kier molecular flexibility index (Phi) is 7.67. The molecule has 38 heavy (non-hydrogen) atoms. The van der Waals surface area contributed by atoms with E-state index in [1.807, 2.05) is 36.1 Å². The molecule has 4 aliphatic heterocycles. The lowest BCUT2D eigenvalue weighted by Crippen LogP contribution is -2.60. The van der Waals surface area contributed by atoms with Crippen molar-refractivity contribution in [1.29, 1.82) is 0 Å². The number of likely N-dealkylation sites (tertiary alicyclic amines) is 1. The average molecular weight is 547 g/mol. The fourth-order valence-electron chi connectivity index (χ4n) is 7.58. The Morgan fingerprint density at radius 2 is 1.76 bits per heavy atom.